The first-order valence-electron chi connectivity index (χ1n) is 4.09. The van der Waals surface area contributed by atoms with E-state index in [0.29, 0.717) is 10.6 Å². The van der Waals surface area contributed by atoms with Gasteiger partial charge in [0.15, 0.2) is 0 Å². The quantitative estimate of drug-likeness (QED) is 0.796. The molecule has 2 heterocycles. The molecular formula is C8H5N5O2S. The summed E-state index contributed by atoms with van der Waals surface area (Å²) in [5.74, 6) is -0.648. The molecule has 1 amide bonds. The molecular weight excluding hydrogens is 230 g/mol. The fourth-order valence-corrected chi connectivity index (χ4v) is 1.74. The normalized spacial score (nSPS) is 9.69. The van der Waals surface area contributed by atoms with Gasteiger partial charge in [0.25, 0.3) is 5.91 Å². The van der Waals surface area contributed by atoms with E-state index in [4.69, 9.17) is 11.0 Å². The van der Waals surface area contributed by atoms with Crippen LogP contribution in [0.2, 0.25) is 0 Å². The minimum absolute atomic E-state index is 0.0902. The number of nitrogens with two attached hydrogens (primary N) is 1. The van der Waals surface area contributed by atoms with Gasteiger partial charge in [0, 0.05) is 0 Å². The molecule has 0 bridgehead atoms. The van der Waals surface area contributed by atoms with Gasteiger partial charge in [-0.1, -0.05) is 0 Å². The minimum Gasteiger partial charge on any atom is -0.379 e. The van der Waals surface area contributed by atoms with E-state index in [1.165, 1.54) is 11.3 Å². The lowest BCUT2D eigenvalue weighted by Crippen LogP contribution is -2.14. The minimum atomic E-state index is -0.558. The monoisotopic (exact) mass is 235 g/mol. The summed E-state index contributed by atoms with van der Waals surface area (Å²) < 4.78 is 4.29. The van der Waals surface area contributed by atoms with Crippen LogP contribution in [0.25, 0.3) is 0 Å². The predicted molar refractivity (Wildman–Crippen MR) is 55.7 cm³/mol. The predicted octanol–water partition coefficient (Wildman–Crippen LogP) is 0.837. The van der Waals surface area contributed by atoms with Gasteiger partial charge >= 0.3 is 0 Å². The molecule has 0 unspecified atom stereocenters. The molecule has 0 aliphatic carbocycles. The van der Waals surface area contributed by atoms with Crippen molar-refractivity contribution in [2.75, 3.05) is 11.1 Å². The molecule has 0 spiro atoms. The largest absolute Gasteiger partial charge is 0.379 e. The number of carbonyl (C=O) groups is 1. The third kappa shape index (κ3) is 1.71. The van der Waals surface area contributed by atoms with Gasteiger partial charge in [0.2, 0.25) is 11.5 Å². The number of nitriles is 1. The molecule has 0 saturated heterocycles. The lowest BCUT2D eigenvalue weighted by Gasteiger charge is -1.99. The topological polar surface area (TPSA) is 118 Å². The third-order valence-electron chi connectivity index (χ3n) is 1.74. The Hall–Kier alpha value is -2.40. The van der Waals surface area contributed by atoms with E-state index in [2.05, 4.69) is 20.3 Å². The molecule has 8 heteroatoms. The average molecular weight is 235 g/mol. The first-order valence-corrected chi connectivity index (χ1v) is 4.97. The van der Waals surface area contributed by atoms with Crippen LogP contribution >= 0.6 is 11.3 Å². The van der Waals surface area contributed by atoms with E-state index in [0.717, 1.165) is 0 Å². The van der Waals surface area contributed by atoms with Crippen molar-refractivity contribution in [1.29, 1.82) is 5.26 Å². The maximum atomic E-state index is 11.6. The first-order chi connectivity index (χ1) is 7.72. The average Bonchev–Trinajstić information content (AvgIpc) is 2.86. The molecule has 0 aliphatic rings. The Labute approximate surface area is 93.4 Å². The molecule has 0 saturated carbocycles. The van der Waals surface area contributed by atoms with Gasteiger partial charge < -0.3 is 11.1 Å². The van der Waals surface area contributed by atoms with Crippen molar-refractivity contribution >= 4 is 28.1 Å². The summed E-state index contributed by atoms with van der Waals surface area (Å²) in [4.78, 5) is 11.6. The summed E-state index contributed by atoms with van der Waals surface area (Å²) >= 11 is 1.23. The number of nitrogens with one attached hydrogen (secondary N) is 1. The number of aromatic nitrogens is 2. The zero-order valence-electron chi connectivity index (χ0n) is 7.80. The van der Waals surface area contributed by atoms with Crippen molar-refractivity contribution in [1.82, 2.24) is 10.3 Å². The van der Waals surface area contributed by atoms with Gasteiger partial charge in [0.1, 0.15) is 11.1 Å². The van der Waals surface area contributed by atoms with Crippen molar-refractivity contribution < 1.29 is 9.42 Å². The van der Waals surface area contributed by atoms with Crippen LogP contribution in [0.4, 0.5) is 10.8 Å². The van der Waals surface area contributed by atoms with Crippen molar-refractivity contribution in [2.24, 2.45) is 0 Å². The molecule has 3 N–H and O–H groups in total. The molecule has 7 nitrogen and oxygen atoms in total. The van der Waals surface area contributed by atoms with E-state index in [-0.39, 0.29) is 11.5 Å². The molecule has 0 fully saturated rings. The molecule has 80 valence electrons. The fourth-order valence-electron chi connectivity index (χ4n) is 1.01. The number of nitrogens with zero attached hydrogens (tertiary/aromatic N) is 3. The van der Waals surface area contributed by atoms with Gasteiger partial charge in [-0.3, -0.25) is 4.79 Å². The van der Waals surface area contributed by atoms with Crippen LogP contribution < -0.4 is 11.1 Å². The molecule has 2 aromatic rings. The van der Waals surface area contributed by atoms with Crippen molar-refractivity contribution in [2.45, 2.75) is 0 Å². The SMILES string of the molecule is N#Cc1ccsc1NC(=O)c1nonc1N. The number of anilines is 2. The van der Waals surface area contributed by atoms with Crippen LogP contribution in [0.15, 0.2) is 16.1 Å². The second kappa shape index (κ2) is 4.00. The summed E-state index contributed by atoms with van der Waals surface area (Å²) in [6, 6.07) is 3.55. The van der Waals surface area contributed by atoms with E-state index in [1.54, 1.807) is 11.4 Å². The second-order valence-corrected chi connectivity index (χ2v) is 3.64. The Kier molecular flexibility index (Phi) is 2.53. The van der Waals surface area contributed by atoms with Gasteiger partial charge in [-0.15, -0.1) is 11.3 Å². The van der Waals surface area contributed by atoms with Crippen LogP contribution in [-0.2, 0) is 0 Å². The Morgan fingerprint density at radius 1 is 1.62 bits per heavy atom. The van der Waals surface area contributed by atoms with Crippen LogP contribution in [0, 0.1) is 11.3 Å². The molecule has 0 aromatic carbocycles. The third-order valence-corrected chi connectivity index (χ3v) is 2.57. The summed E-state index contributed by atoms with van der Waals surface area (Å²) in [5.41, 5.74) is 5.63. The first kappa shape index (κ1) is 10.1. The summed E-state index contributed by atoms with van der Waals surface area (Å²) in [6.07, 6.45) is 0. The summed E-state index contributed by atoms with van der Waals surface area (Å²) in [5, 5.41) is 20.0. The van der Waals surface area contributed by atoms with Gasteiger partial charge in [0.05, 0.1) is 5.56 Å². The highest BCUT2D eigenvalue weighted by Gasteiger charge is 2.17. The van der Waals surface area contributed by atoms with Crippen molar-refractivity contribution in [3.05, 3.63) is 22.7 Å². The Morgan fingerprint density at radius 3 is 3.06 bits per heavy atom. The van der Waals surface area contributed by atoms with Gasteiger partial charge in [-0.25, -0.2) is 4.63 Å². The number of hydrogen-bond acceptors (Lipinski definition) is 7. The molecule has 0 radical (unpaired) electrons. The van der Waals surface area contributed by atoms with Crippen LogP contribution in [0.5, 0.6) is 0 Å². The number of nitrogen functional groups attached to an aromatic ring is 1. The maximum Gasteiger partial charge on any atom is 0.282 e. The maximum absolute atomic E-state index is 11.6. The smallest absolute Gasteiger partial charge is 0.282 e. The molecule has 2 rings (SSSR count). The lowest BCUT2D eigenvalue weighted by molar-refractivity contribution is 0.101. The Morgan fingerprint density at radius 2 is 2.44 bits per heavy atom. The standard InChI is InChI=1S/C8H5N5O2S/c9-3-4-1-2-16-8(4)11-7(14)5-6(10)13-15-12-5/h1-2H,(H2,10,13)(H,11,14). The Balaban J connectivity index is 2.21. The Bertz CT molecular complexity index is 567. The number of carbonyl (C=O) groups excluding carboxylic acids is 1. The van der Waals surface area contributed by atoms with Gasteiger partial charge in [-0.2, -0.15) is 5.26 Å². The molecule has 0 atom stereocenters. The lowest BCUT2D eigenvalue weighted by atomic mass is 10.3. The molecule has 16 heavy (non-hydrogen) atoms. The van der Waals surface area contributed by atoms with Crippen LogP contribution in [0.3, 0.4) is 0 Å². The summed E-state index contributed by atoms with van der Waals surface area (Å²) in [7, 11) is 0. The molecule has 0 aliphatic heterocycles. The van der Waals surface area contributed by atoms with E-state index >= 15 is 0 Å². The summed E-state index contributed by atoms with van der Waals surface area (Å²) in [6.45, 7) is 0. The number of hydrogen-bond donors (Lipinski definition) is 2. The highest BCUT2D eigenvalue weighted by molar-refractivity contribution is 7.14. The van der Waals surface area contributed by atoms with Gasteiger partial charge in [-0.05, 0) is 21.8 Å². The van der Waals surface area contributed by atoms with Crippen molar-refractivity contribution in [3.8, 4) is 6.07 Å². The molecule has 2 aromatic heterocycles. The highest BCUT2D eigenvalue weighted by Crippen LogP contribution is 2.23. The van der Waals surface area contributed by atoms with Crippen LogP contribution in [0.1, 0.15) is 16.1 Å². The number of amides is 1. The van der Waals surface area contributed by atoms with E-state index in [9.17, 15) is 4.79 Å². The number of rotatable bonds is 2. The van der Waals surface area contributed by atoms with Crippen LogP contribution in [-0.4, -0.2) is 16.2 Å². The fraction of sp³-hybridized carbons (Fsp3) is 0. The second-order valence-electron chi connectivity index (χ2n) is 2.73. The highest BCUT2D eigenvalue weighted by atomic mass is 32.1. The van der Waals surface area contributed by atoms with E-state index < -0.39 is 5.91 Å². The zero-order valence-corrected chi connectivity index (χ0v) is 8.61. The zero-order chi connectivity index (χ0) is 11.5. The van der Waals surface area contributed by atoms with E-state index in [1.807, 2.05) is 6.07 Å². The number of thiophene rings is 1. The van der Waals surface area contributed by atoms with Crippen molar-refractivity contribution in [3.63, 3.8) is 0 Å².